The molecule has 0 radical (unpaired) electrons. The summed E-state index contributed by atoms with van der Waals surface area (Å²) < 4.78 is 0. The summed E-state index contributed by atoms with van der Waals surface area (Å²) in [5.41, 5.74) is 1.92. The van der Waals surface area contributed by atoms with Gasteiger partial charge in [0.1, 0.15) is 0 Å². The second kappa shape index (κ2) is 7.49. The zero-order chi connectivity index (χ0) is 16.1. The van der Waals surface area contributed by atoms with Gasteiger partial charge in [0.25, 0.3) is 0 Å². The number of aliphatic hydroxyl groups is 1. The van der Waals surface area contributed by atoms with E-state index < -0.39 is 6.10 Å². The van der Waals surface area contributed by atoms with Gasteiger partial charge in [-0.25, -0.2) is 4.79 Å². The number of para-hydroxylation sites is 2. The molecule has 1 fully saturated rings. The summed E-state index contributed by atoms with van der Waals surface area (Å²) in [5.74, 6) is 0. The Morgan fingerprint density at radius 2 is 1.91 bits per heavy atom. The van der Waals surface area contributed by atoms with Crippen molar-refractivity contribution in [3.8, 4) is 0 Å². The topological polar surface area (TPSA) is 55.8 Å². The molecule has 1 saturated heterocycles. The van der Waals surface area contributed by atoms with Crippen LogP contribution in [0.15, 0.2) is 24.3 Å². The van der Waals surface area contributed by atoms with E-state index in [1.807, 2.05) is 32.0 Å². The maximum absolute atomic E-state index is 12.5. The van der Waals surface area contributed by atoms with E-state index in [0.717, 1.165) is 24.5 Å². The lowest BCUT2D eigenvalue weighted by Crippen LogP contribution is -2.44. The maximum Gasteiger partial charge on any atom is 0.322 e. The van der Waals surface area contributed by atoms with Gasteiger partial charge in [-0.2, -0.15) is 0 Å². The van der Waals surface area contributed by atoms with Gasteiger partial charge >= 0.3 is 6.03 Å². The number of anilines is 2. The summed E-state index contributed by atoms with van der Waals surface area (Å²) >= 11 is 0. The number of nitrogens with zero attached hydrogens (tertiary/aromatic N) is 2. The third-order valence-electron chi connectivity index (χ3n) is 3.94. The van der Waals surface area contributed by atoms with Gasteiger partial charge in [0.05, 0.1) is 17.5 Å². The van der Waals surface area contributed by atoms with Crippen molar-refractivity contribution in [2.45, 2.75) is 45.8 Å². The number of aliphatic hydroxyl groups excluding tert-OH is 1. The van der Waals surface area contributed by atoms with E-state index in [2.05, 4.69) is 16.3 Å². The van der Waals surface area contributed by atoms with Crippen molar-refractivity contribution in [2.24, 2.45) is 0 Å². The molecule has 0 bridgehead atoms. The fourth-order valence-electron chi connectivity index (χ4n) is 2.81. The molecule has 1 aliphatic rings. The van der Waals surface area contributed by atoms with Gasteiger partial charge in [-0.15, -0.1) is 0 Å². The van der Waals surface area contributed by atoms with E-state index in [-0.39, 0.29) is 12.1 Å². The molecule has 2 amide bonds. The average molecular weight is 305 g/mol. The molecule has 2 N–H and O–H groups in total. The van der Waals surface area contributed by atoms with Gasteiger partial charge in [-0.3, -0.25) is 0 Å². The van der Waals surface area contributed by atoms with Crippen LogP contribution in [0.2, 0.25) is 0 Å². The Hall–Kier alpha value is -1.75. The van der Waals surface area contributed by atoms with Crippen molar-refractivity contribution < 1.29 is 9.90 Å². The van der Waals surface area contributed by atoms with Gasteiger partial charge in [0.15, 0.2) is 0 Å². The Kier molecular flexibility index (Phi) is 5.66. The first-order valence-corrected chi connectivity index (χ1v) is 8.08. The highest BCUT2D eigenvalue weighted by atomic mass is 16.3. The van der Waals surface area contributed by atoms with Crippen molar-refractivity contribution in [1.29, 1.82) is 0 Å². The van der Waals surface area contributed by atoms with Gasteiger partial charge in [0, 0.05) is 25.7 Å². The van der Waals surface area contributed by atoms with E-state index in [1.54, 1.807) is 11.8 Å². The van der Waals surface area contributed by atoms with Crippen molar-refractivity contribution in [3.63, 3.8) is 0 Å². The molecule has 5 heteroatoms. The number of urea groups is 1. The third kappa shape index (κ3) is 4.13. The molecule has 0 aromatic heterocycles. The SMILES string of the molecule is CC(O)CN(C(=O)Nc1ccccc1N1CCCC1)C(C)C. The molecule has 0 saturated carbocycles. The van der Waals surface area contributed by atoms with Gasteiger partial charge in [-0.05, 0) is 45.7 Å². The molecule has 1 unspecified atom stereocenters. The molecule has 2 rings (SSSR count). The molecular formula is C17H27N3O2. The Bertz CT molecular complexity index is 496. The summed E-state index contributed by atoms with van der Waals surface area (Å²) in [7, 11) is 0. The highest BCUT2D eigenvalue weighted by Gasteiger charge is 2.21. The fraction of sp³-hybridized carbons (Fsp3) is 0.588. The molecule has 1 atom stereocenters. The third-order valence-corrected chi connectivity index (χ3v) is 3.94. The number of rotatable bonds is 5. The second-order valence-corrected chi connectivity index (χ2v) is 6.24. The standard InChI is InChI=1S/C17H27N3O2/c1-13(2)20(12-14(3)21)17(22)18-15-8-4-5-9-16(15)19-10-6-7-11-19/h4-5,8-9,13-14,21H,6-7,10-12H2,1-3H3,(H,18,22). The Labute approximate surface area is 132 Å². The van der Waals surface area contributed by atoms with Crippen molar-refractivity contribution in [1.82, 2.24) is 4.90 Å². The van der Waals surface area contributed by atoms with E-state index in [4.69, 9.17) is 0 Å². The number of hydrogen-bond acceptors (Lipinski definition) is 3. The first kappa shape index (κ1) is 16.6. The van der Waals surface area contributed by atoms with Crippen LogP contribution in [0, 0.1) is 0 Å². The summed E-state index contributed by atoms with van der Waals surface area (Å²) in [6.07, 6.45) is 1.85. The lowest BCUT2D eigenvalue weighted by Gasteiger charge is -2.29. The Morgan fingerprint density at radius 1 is 1.27 bits per heavy atom. The van der Waals surface area contributed by atoms with Crippen LogP contribution in [-0.4, -0.2) is 47.8 Å². The number of nitrogens with one attached hydrogen (secondary N) is 1. The quantitative estimate of drug-likeness (QED) is 0.879. The number of carbonyl (C=O) groups excluding carboxylic acids is 1. The lowest BCUT2D eigenvalue weighted by molar-refractivity contribution is 0.125. The van der Waals surface area contributed by atoms with Crippen LogP contribution in [0.3, 0.4) is 0 Å². The first-order valence-electron chi connectivity index (χ1n) is 8.08. The van der Waals surface area contributed by atoms with Crippen molar-refractivity contribution in [3.05, 3.63) is 24.3 Å². The van der Waals surface area contributed by atoms with Crippen LogP contribution in [0.4, 0.5) is 16.2 Å². The predicted octanol–water partition coefficient (Wildman–Crippen LogP) is 2.91. The molecule has 0 aliphatic carbocycles. The minimum Gasteiger partial charge on any atom is -0.392 e. The Balaban J connectivity index is 2.13. The highest BCUT2D eigenvalue weighted by Crippen LogP contribution is 2.28. The molecule has 1 aromatic carbocycles. The zero-order valence-corrected chi connectivity index (χ0v) is 13.7. The van der Waals surface area contributed by atoms with E-state index in [1.165, 1.54) is 12.8 Å². The van der Waals surface area contributed by atoms with Gasteiger partial charge in [-0.1, -0.05) is 12.1 Å². The zero-order valence-electron chi connectivity index (χ0n) is 13.7. The van der Waals surface area contributed by atoms with Crippen LogP contribution >= 0.6 is 0 Å². The molecule has 22 heavy (non-hydrogen) atoms. The summed E-state index contributed by atoms with van der Waals surface area (Å²) in [5, 5.41) is 12.6. The van der Waals surface area contributed by atoms with Crippen LogP contribution in [0.1, 0.15) is 33.6 Å². The smallest absolute Gasteiger partial charge is 0.322 e. The molecule has 1 heterocycles. The molecule has 122 valence electrons. The summed E-state index contributed by atoms with van der Waals surface area (Å²) in [6.45, 7) is 8.00. The molecule has 1 aliphatic heterocycles. The predicted molar refractivity (Wildman–Crippen MR) is 90.4 cm³/mol. The van der Waals surface area contributed by atoms with Gasteiger partial charge in [0.2, 0.25) is 0 Å². The van der Waals surface area contributed by atoms with E-state index in [9.17, 15) is 9.90 Å². The van der Waals surface area contributed by atoms with Crippen LogP contribution in [0.25, 0.3) is 0 Å². The summed E-state index contributed by atoms with van der Waals surface area (Å²) in [6, 6.07) is 7.79. The summed E-state index contributed by atoms with van der Waals surface area (Å²) in [4.78, 5) is 16.5. The van der Waals surface area contributed by atoms with E-state index >= 15 is 0 Å². The Morgan fingerprint density at radius 3 is 2.50 bits per heavy atom. The van der Waals surface area contributed by atoms with Crippen LogP contribution in [-0.2, 0) is 0 Å². The number of benzene rings is 1. The minimum atomic E-state index is -0.540. The van der Waals surface area contributed by atoms with Crippen LogP contribution < -0.4 is 10.2 Å². The molecule has 5 nitrogen and oxygen atoms in total. The normalized spacial score (nSPS) is 16.0. The number of carbonyl (C=O) groups is 1. The number of amides is 2. The monoisotopic (exact) mass is 305 g/mol. The molecular weight excluding hydrogens is 278 g/mol. The fourth-order valence-corrected chi connectivity index (χ4v) is 2.81. The van der Waals surface area contributed by atoms with E-state index in [0.29, 0.717) is 6.54 Å². The molecule has 1 aromatic rings. The number of hydrogen-bond donors (Lipinski definition) is 2. The van der Waals surface area contributed by atoms with Crippen molar-refractivity contribution >= 4 is 17.4 Å². The second-order valence-electron chi connectivity index (χ2n) is 6.24. The van der Waals surface area contributed by atoms with Gasteiger partial charge < -0.3 is 20.2 Å². The molecule has 0 spiro atoms. The average Bonchev–Trinajstić information content (AvgIpc) is 2.98. The minimum absolute atomic E-state index is 0.0357. The lowest BCUT2D eigenvalue weighted by atomic mass is 10.2. The largest absolute Gasteiger partial charge is 0.392 e. The van der Waals surface area contributed by atoms with Crippen molar-refractivity contribution in [2.75, 3.05) is 29.9 Å². The first-order chi connectivity index (χ1) is 10.5. The highest BCUT2D eigenvalue weighted by molar-refractivity contribution is 5.93. The van der Waals surface area contributed by atoms with Crippen LogP contribution in [0.5, 0.6) is 0 Å². The maximum atomic E-state index is 12.5.